The van der Waals surface area contributed by atoms with Crippen LogP contribution in [0.2, 0.25) is 0 Å². The third kappa shape index (κ3) is 1.37. The lowest BCUT2D eigenvalue weighted by Crippen LogP contribution is -2.69. The summed E-state index contributed by atoms with van der Waals surface area (Å²) >= 11 is 0. The Morgan fingerprint density at radius 3 is 3.15 bits per heavy atom. The van der Waals surface area contributed by atoms with Crippen molar-refractivity contribution in [1.82, 2.24) is 4.90 Å². The number of piperidine rings is 2. The van der Waals surface area contributed by atoms with Gasteiger partial charge in [0.15, 0.2) is 0 Å². The molecule has 5 aliphatic heterocycles. The van der Waals surface area contributed by atoms with Gasteiger partial charge in [-0.25, -0.2) is 0 Å². The summed E-state index contributed by atoms with van der Waals surface area (Å²) in [6, 6.07) is 6.99. The van der Waals surface area contributed by atoms with Gasteiger partial charge in [0.05, 0.1) is 25.2 Å². The first-order valence-corrected chi connectivity index (χ1v) is 9.95. The van der Waals surface area contributed by atoms with Crippen LogP contribution in [0.4, 0.5) is 11.4 Å². The topological polar surface area (TPSA) is 58.8 Å². The van der Waals surface area contributed by atoms with E-state index in [1.165, 1.54) is 12.0 Å². The van der Waals surface area contributed by atoms with E-state index in [9.17, 15) is 4.79 Å². The number of carbonyl (C=O) groups excluding carboxylic acids is 1. The lowest BCUT2D eigenvalue weighted by Gasteiger charge is -2.58. The van der Waals surface area contributed by atoms with Gasteiger partial charge >= 0.3 is 0 Å². The highest BCUT2D eigenvalue weighted by molar-refractivity contribution is 5.99. The van der Waals surface area contributed by atoms with Crippen LogP contribution in [0, 0.1) is 11.8 Å². The molecule has 1 aliphatic carbocycles. The van der Waals surface area contributed by atoms with Crippen LogP contribution >= 0.6 is 0 Å². The Hall–Kier alpha value is -1.85. The molecule has 1 aromatic rings. The number of nitrogens with two attached hydrogens (primary N) is 1. The van der Waals surface area contributed by atoms with Crippen molar-refractivity contribution in [2.75, 3.05) is 30.3 Å². The molecule has 1 aromatic carbocycles. The van der Waals surface area contributed by atoms with Crippen LogP contribution in [0.5, 0.6) is 0 Å². The van der Waals surface area contributed by atoms with Crippen LogP contribution in [0.15, 0.2) is 29.8 Å². The SMILES string of the molecule is Nc1ccc2c(c1)[C@]13CCN4CC5=CCO[C@@H]6CC(=O)N2[C@@H]1[C@@H]6[C@@H]5C[C@@H]43. The zero-order valence-electron chi connectivity index (χ0n) is 14.7. The summed E-state index contributed by atoms with van der Waals surface area (Å²) in [5.41, 5.74) is 11.1. The molecule has 0 radical (unpaired) electrons. The average molecular weight is 349 g/mol. The van der Waals surface area contributed by atoms with E-state index in [0.29, 0.717) is 30.9 Å². The summed E-state index contributed by atoms with van der Waals surface area (Å²) < 4.78 is 6.25. The maximum Gasteiger partial charge on any atom is 0.229 e. The van der Waals surface area contributed by atoms with Gasteiger partial charge in [-0.1, -0.05) is 11.6 Å². The second-order valence-corrected chi connectivity index (χ2v) is 9.04. The number of fused-ring (bicyclic) bond motifs is 2. The van der Waals surface area contributed by atoms with Crippen LogP contribution < -0.4 is 10.6 Å². The molecule has 7 rings (SSSR count). The van der Waals surface area contributed by atoms with Crippen LogP contribution in [-0.2, 0) is 14.9 Å². The van der Waals surface area contributed by atoms with E-state index in [1.54, 1.807) is 5.57 Å². The fraction of sp³-hybridized carbons (Fsp3) is 0.571. The number of anilines is 2. The Kier molecular flexibility index (Phi) is 2.38. The highest BCUT2D eigenvalue weighted by Crippen LogP contribution is 2.65. The number of amides is 1. The molecule has 6 aliphatic rings. The Labute approximate surface area is 152 Å². The van der Waals surface area contributed by atoms with Crippen molar-refractivity contribution in [3.8, 4) is 0 Å². The van der Waals surface area contributed by atoms with Crippen LogP contribution in [0.1, 0.15) is 24.8 Å². The third-order valence-corrected chi connectivity index (χ3v) is 8.33. The molecule has 5 heterocycles. The second-order valence-electron chi connectivity index (χ2n) is 9.04. The van der Waals surface area contributed by atoms with E-state index in [0.717, 1.165) is 30.9 Å². The molecular formula is C21H23N3O2. The van der Waals surface area contributed by atoms with Crippen LogP contribution in [-0.4, -0.2) is 48.7 Å². The number of hydrogen-bond donors (Lipinski definition) is 1. The van der Waals surface area contributed by atoms with E-state index >= 15 is 0 Å². The van der Waals surface area contributed by atoms with Crippen molar-refractivity contribution in [2.24, 2.45) is 11.8 Å². The standard InChI is InChI=1S/C21H23N3O2/c22-12-1-2-15-14(7-12)21-4-5-23-10-11-3-6-26-16-9-18(25)24(15)20(21)19(16)13(11)8-17(21)23/h1-3,7,13,16-17,19-20H,4-6,8-10,22H2/t13-,16-,17-,19-,20-,21+/m1/s1. The predicted molar refractivity (Wildman–Crippen MR) is 97.8 cm³/mol. The number of rotatable bonds is 0. The largest absolute Gasteiger partial charge is 0.399 e. The summed E-state index contributed by atoms with van der Waals surface area (Å²) in [4.78, 5) is 18.1. The molecule has 3 saturated heterocycles. The molecule has 5 nitrogen and oxygen atoms in total. The van der Waals surface area contributed by atoms with Gasteiger partial charge in [-0.15, -0.1) is 0 Å². The van der Waals surface area contributed by atoms with Crippen LogP contribution in [0.3, 0.4) is 0 Å². The minimum atomic E-state index is 0.0411. The zero-order chi connectivity index (χ0) is 17.2. The monoisotopic (exact) mass is 349 g/mol. The molecule has 2 N–H and O–H groups in total. The Balaban J connectivity index is 1.55. The van der Waals surface area contributed by atoms with Gasteiger partial charge in [0, 0.05) is 35.3 Å². The maximum atomic E-state index is 13.2. The van der Waals surface area contributed by atoms with Gasteiger partial charge < -0.3 is 15.4 Å². The van der Waals surface area contributed by atoms with Gasteiger partial charge in [-0.05, 0) is 49.1 Å². The quantitative estimate of drug-likeness (QED) is 0.572. The Morgan fingerprint density at radius 2 is 2.23 bits per heavy atom. The highest BCUT2D eigenvalue weighted by atomic mass is 16.5. The molecule has 1 amide bonds. The van der Waals surface area contributed by atoms with E-state index < -0.39 is 0 Å². The number of nitrogen functional groups attached to an aromatic ring is 1. The summed E-state index contributed by atoms with van der Waals surface area (Å²) in [5.74, 6) is 1.23. The van der Waals surface area contributed by atoms with Crippen LogP contribution in [0.25, 0.3) is 0 Å². The van der Waals surface area contributed by atoms with Gasteiger partial charge in [-0.3, -0.25) is 9.69 Å². The molecule has 5 heteroatoms. The summed E-state index contributed by atoms with van der Waals surface area (Å²) in [7, 11) is 0. The number of carbonyl (C=O) groups is 1. The predicted octanol–water partition coefficient (Wildman–Crippen LogP) is 1.67. The first-order valence-electron chi connectivity index (χ1n) is 9.95. The first kappa shape index (κ1) is 14.2. The summed E-state index contributed by atoms with van der Waals surface area (Å²) in [5, 5.41) is 0. The third-order valence-electron chi connectivity index (χ3n) is 8.33. The van der Waals surface area contributed by atoms with Gasteiger partial charge in [-0.2, -0.15) is 0 Å². The normalized spacial score (nSPS) is 44.6. The van der Waals surface area contributed by atoms with Crippen molar-refractivity contribution in [1.29, 1.82) is 0 Å². The molecule has 6 atom stereocenters. The van der Waals surface area contributed by atoms with E-state index in [-0.39, 0.29) is 23.5 Å². The number of hydrogen-bond acceptors (Lipinski definition) is 4. The maximum absolute atomic E-state index is 13.2. The highest BCUT2D eigenvalue weighted by Gasteiger charge is 2.70. The molecule has 2 bridgehead atoms. The number of nitrogens with zero attached hydrogens (tertiary/aromatic N) is 2. The summed E-state index contributed by atoms with van der Waals surface area (Å²) in [6.07, 6.45) is 5.25. The Bertz CT molecular complexity index is 895. The molecule has 1 saturated carbocycles. The van der Waals surface area contributed by atoms with Crippen molar-refractivity contribution < 1.29 is 9.53 Å². The van der Waals surface area contributed by atoms with Gasteiger partial charge in [0.2, 0.25) is 5.91 Å². The molecule has 0 aromatic heterocycles. The molecule has 4 fully saturated rings. The van der Waals surface area contributed by atoms with Gasteiger partial charge in [0.25, 0.3) is 0 Å². The lowest BCUT2D eigenvalue weighted by atomic mass is 9.53. The minimum absolute atomic E-state index is 0.0411. The minimum Gasteiger partial charge on any atom is -0.399 e. The first-order chi connectivity index (χ1) is 12.7. The fourth-order valence-electron chi connectivity index (χ4n) is 7.57. The molecule has 0 unspecified atom stereocenters. The molecular weight excluding hydrogens is 326 g/mol. The van der Waals surface area contributed by atoms with E-state index in [2.05, 4.69) is 28.0 Å². The molecule has 26 heavy (non-hydrogen) atoms. The lowest BCUT2D eigenvalue weighted by molar-refractivity contribution is -0.132. The van der Waals surface area contributed by atoms with E-state index in [1.807, 2.05) is 6.07 Å². The second kappa shape index (κ2) is 4.34. The van der Waals surface area contributed by atoms with Gasteiger partial charge in [0.1, 0.15) is 0 Å². The smallest absolute Gasteiger partial charge is 0.229 e. The number of benzene rings is 1. The number of ether oxygens (including phenoxy) is 1. The zero-order valence-corrected chi connectivity index (χ0v) is 14.7. The van der Waals surface area contributed by atoms with Crippen molar-refractivity contribution in [3.05, 3.63) is 35.4 Å². The summed E-state index contributed by atoms with van der Waals surface area (Å²) in [6.45, 7) is 2.88. The van der Waals surface area contributed by atoms with Crippen molar-refractivity contribution in [3.63, 3.8) is 0 Å². The van der Waals surface area contributed by atoms with E-state index in [4.69, 9.17) is 10.5 Å². The fourth-order valence-corrected chi connectivity index (χ4v) is 7.57. The molecule has 1 spiro atoms. The van der Waals surface area contributed by atoms with Crippen molar-refractivity contribution >= 4 is 17.3 Å². The van der Waals surface area contributed by atoms with Crippen molar-refractivity contribution in [2.45, 2.75) is 42.9 Å². The Morgan fingerprint density at radius 1 is 1.31 bits per heavy atom. The molecule has 134 valence electrons. The average Bonchev–Trinajstić information content (AvgIpc) is 3.09.